The fourth-order valence-electron chi connectivity index (χ4n) is 2.69. The van der Waals surface area contributed by atoms with Gasteiger partial charge >= 0.3 is 11.8 Å². The van der Waals surface area contributed by atoms with Gasteiger partial charge in [-0.05, 0) is 37.3 Å². The van der Waals surface area contributed by atoms with Crippen LogP contribution in [0.4, 0.5) is 11.6 Å². The topological polar surface area (TPSA) is 87.7 Å². The first kappa shape index (κ1) is 17.7. The maximum absolute atomic E-state index is 12.4. The zero-order valence-electron chi connectivity index (χ0n) is 14.6. The standard InChI is InChI=1S/C18H21N5O3/c1-2-26-15-6-4-14(5-7-15)21-16(24)17(25)22-10-12-23(13-11-22)18-19-8-3-9-20-18/h3-9H,2,10-13H2,1H3,(H,21,24). The number of ether oxygens (including phenoxy) is 1. The van der Waals surface area contributed by atoms with Crippen LogP contribution in [0.15, 0.2) is 42.7 Å². The van der Waals surface area contributed by atoms with Gasteiger partial charge < -0.3 is 19.9 Å². The molecule has 8 heteroatoms. The summed E-state index contributed by atoms with van der Waals surface area (Å²) in [6.07, 6.45) is 3.37. The second-order valence-corrected chi connectivity index (χ2v) is 5.74. The van der Waals surface area contributed by atoms with Crippen molar-refractivity contribution in [3.8, 4) is 5.75 Å². The lowest BCUT2D eigenvalue weighted by atomic mass is 10.3. The molecule has 8 nitrogen and oxygen atoms in total. The van der Waals surface area contributed by atoms with Crippen molar-refractivity contribution in [1.29, 1.82) is 0 Å². The van der Waals surface area contributed by atoms with Crippen LogP contribution in [-0.2, 0) is 9.59 Å². The molecule has 0 atom stereocenters. The van der Waals surface area contributed by atoms with Crippen molar-refractivity contribution < 1.29 is 14.3 Å². The van der Waals surface area contributed by atoms with Crippen LogP contribution in [0.25, 0.3) is 0 Å². The molecule has 1 fully saturated rings. The molecule has 1 N–H and O–H groups in total. The van der Waals surface area contributed by atoms with E-state index in [-0.39, 0.29) is 0 Å². The van der Waals surface area contributed by atoms with Crippen molar-refractivity contribution in [1.82, 2.24) is 14.9 Å². The summed E-state index contributed by atoms with van der Waals surface area (Å²) in [6, 6.07) is 8.68. The first-order chi connectivity index (χ1) is 12.7. The van der Waals surface area contributed by atoms with E-state index >= 15 is 0 Å². The van der Waals surface area contributed by atoms with Crippen molar-refractivity contribution in [3.63, 3.8) is 0 Å². The van der Waals surface area contributed by atoms with E-state index < -0.39 is 11.8 Å². The SMILES string of the molecule is CCOc1ccc(NC(=O)C(=O)N2CCN(c3ncccn3)CC2)cc1. The van der Waals surface area contributed by atoms with Gasteiger partial charge in [0, 0.05) is 44.3 Å². The fraction of sp³-hybridized carbons (Fsp3) is 0.333. The van der Waals surface area contributed by atoms with Gasteiger partial charge in [-0.1, -0.05) is 0 Å². The molecule has 0 radical (unpaired) electrons. The zero-order valence-corrected chi connectivity index (χ0v) is 14.6. The molecule has 0 bridgehead atoms. The summed E-state index contributed by atoms with van der Waals surface area (Å²) in [7, 11) is 0. The number of carbonyl (C=O) groups is 2. The Hall–Kier alpha value is -3.16. The predicted molar refractivity (Wildman–Crippen MR) is 97.1 cm³/mol. The average molecular weight is 355 g/mol. The van der Waals surface area contributed by atoms with Gasteiger partial charge in [-0.3, -0.25) is 9.59 Å². The number of carbonyl (C=O) groups excluding carboxylic acids is 2. The molecule has 2 amide bonds. The van der Waals surface area contributed by atoms with E-state index in [2.05, 4.69) is 15.3 Å². The highest BCUT2D eigenvalue weighted by atomic mass is 16.5. The molecule has 2 heterocycles. The number of nitrogens with one attached hydrogen (secondary N) is 1. The van der Waals surface area contributed by atoms with Crippen LogP contribution in [0, 0.1) is 0 Å². The number of piperazine rings is 1. The molecular weight excluding hydrogens is 334 g/mol. The van der Waals surface area contributed by atoms with Gasteiger partial charge in [0.25, 0.3) is 0 Å². The average Bonchev–Trinajstić information content (AvgIpc) is 2.70. The van der Waals surface area contributed by atoms with Gasteiger partial charge in [-0.2, -0.15) is 0 Å². The number of nitrogens with zero attached hydrogens (tertiary/aromatic N) is 4. The highest BCUT2D eigenvalue weighted by molar-refractivity contribution is 6.39. The van der Waals surface area contributed by atoms with Gasteiger partial charge in [-0.15, -0.1) is 0 Å². The van der Waals surface area contributed by atoms with Crippen molar-refractivity contribution >= 4 is 23.5 Å². The molecule has 3 rings (SSSR count). The number of amides is 2. The maximum atomic E-state index is 12.4. The normalized spacial score (nSPS) is 14.0. The third-order valence-electron chi connectivity index (χ3n) is 4.02. The zero-order chi connectivity index (χ0) is 18.4. The Labute approximate surface area is 151 Å². The molecule has 0 saturated carbocycles. The molecule has 0 aliphatic carbocycles. The molecular formula is C18H21N5O3. The summed E-state index contributed by atoms with van der Waals surface area (Å²) in [4.78, 5) is 36.5. The number of rotatable bonds is 4. The predicted octanol–water partition coefficient (Wildman–Crippen LogP) is 1.16. The van der Waals surface area contributed by atoms with E-state index in [1.807, 2.05) is 11.8 Å². The third kappa shape index (κ3) is 4.27. The Balaban J connectivity index is 1.52. The second kappa shape index (κ2) is 8.28. The van der Waals surface area contributed by atoms with E-state index in [1.165, 1.54) is 0 Å². The van der Waals surface area contributed by atoms with E-state index in [0.717, 1.165) is 5.75 Å². The van der Waals surface area contributed by atoms with Crippen LogP contribution < -0.4 is 15.0 Å². The highest BCUT2D eigenvalue weighted by Gasteiger charge is 2.26. The first-order valence-corrected chi connectivity index (χ1v) is 8.52. The number of hydrogen-bond donors (Lipinski definition) is 1. The van der Waals surface area contributed by atoms with Crippen LogP contribution in [0.2, 0.25) is 0 Å². The third-order valence-corrected chi connectivity index (χ3v) is 4.02. The largest absolute Gasteiger partial charge is 0.494 e. The minimum Gasteiger partial charge on any atom is -0.494 e. The monoisotopic (exact) mass is 355 g/mol. The summed E-state index contributed by atoms with van der Waals surface area (Å²) < 4.78 is 5.35. The minimum absolute atomic E-state index is 0.452. The Morgan fingerprint density at radius 1 is 1.08 bits per heavy atom. The van der Waals surface area contributed by atoms with E-state index in [0.29, 0.717) is 44.4 Å². The van der Waals surface area contributed by atoms with Crippen molar-refractivity contribution in [3.05, 3.63) is 42.7 Å². The molecule has 2 aromatic rings. The highest BCUT2D eigenvalue weighted by Crippen LogP contribution is 2.16. The quantitative estimate of drug-likeness (QED) is 0.828. The summed E-state index contributed by atoms with van der Waals surface area (Å²) in [6.45, 7) is 4.56. The smallest absolute Gasteiger partial charge is 0.313 e. The second-order valence-electron chi connectivity index (χ2n) is 5.74. The molecule has 136 valence electrons. The van der Waals surface area contributed by atoms with Crippen LogP contribution in [0.5, 0.6) is 5.75 Å². The van der Waals surface area contributed by atoms with Crippen LogP contribution in [0.1, 0.15) is 6.92 Å². The minimum atomic E-state index is -0.640. The Morgan fingerprint density at radius 3 is 2.35 bits per heavy atom. The lowest BCUT2D eigenvalue weighted by molar-refractivity contribution is -0.143. The number of aromatic nitrogens is 2. The Kier molecular flexibility index (Phi) is 5.62. The summed E-state index contributed by atoms with van der Waals surface area (Å²) in [5.41, 5.74) is 0.558. The maximum Gasteiger partial charge on any atom is 0.313 e. The van der Waals surface area contributed by atoms with Gasteiger partial charge in [0.05, 0.1) is 6.61 Å². The van der Waals surface area contributed by atoms with Gasteiger partial charge in [-0.25, -0.2) is 9.97 Å². The van der Waals surface area contributed by atoms with Crippen LogP contribution in [-0.4, -0.2) is 59.5 Å². The Bertz CT molecular complexity index is 743. The molecule has 26 heavy (non-hydrogen) atoms. The van der Waals surface area contributed by atoms with Crippen molar-refractivity contribution in [2.24, 2.45) is 0 Å². The lowest BCUT2D eigenvalue weighted by Gasteiger charge is -2.34. The number of hydrogen-bond acceptors (Lipinski definition) is 6. The van der Waals surface area contributed by atoms with E-state index in [4.69, 9.17) is 4.74 Å². The number of anilines is 2. The van der Waals surface area contributed by atoms with Crippen LogP contribution in [0.3, 0.4) is 0 Å². The Morgan fingerprint density at radius 2 is 1.73 bits per heavy atom. The molecule has 1 aliphatic rings. The van der Waals surface area contributed by atoms with Crippen molar-refractivity contribution in [2.45, 2.75) is 6.92 Å². The molecule has 1 saturated heterocycles. The van der Waals surface area contributed by atoms with Gasteiger partial charge in [0.2, 0.25) is 5.95 Å². The van der Waals surface area contributed by atoms with Gasteiger partial charge in [0.1, 0.15) is 5.75 Å². The fourth-order valence-corrected chi connectivity index (χ4v) is 2.69. The van der Waals surface area contributed by atoms with E-state index in [9.17, 15) is 9.59 Å². The summed E-state index contributed by atoms with van der Waals surface area (Å²) >= 11 is 0. The molecule has 1 aromatic carbocycles. The molecule has 1 aromatic heterocycles. The summed E-state index contributed by atoms with van der Waals surface area (Å²) in [5.74, 6) is 0.181. The lowest BCUT2D eigenvalue weighted by Crippen LogP contribution is -2.52. The molecule has 1 aliphatic heterocycles. The van der Waals surface area contributed by atoms with E-state index in [1.54, 1.807) is 47.6 Å². The van der Waals surface area contributed by atoms with Crippen molar-refractivity contribution in [2.75, 3.05) is 43.0 Å². The first-order valence-electron chi connectivity index (χ1n) is 8.52. The van der Waals surface area contributed by atoms with Crippen LogP contribution >= 0.6 is 0 Å². The number of benzene rings is 1. The van der Waals surface area contributed by atoms with Gasteiger partial charge in [0.15, 0.2) is 0 Å². The summed E-state index contributed by atoms with van der Waals surface area (Å²) in [5, 5.41) is 2.63. The molecule has 0 spiro atoms. The molecule has 0 unspecified atom stereocenters.